The van der Waals surface area contributed by atoms with Crippen LogP contribution in [0.15, 0.2) is 60.7 Å². The maximum Gasteiger partial charge on any atom is 0 e. The van der Waals surface area contributed by atoms with E-state index >= 15 is 0 Å². The Bertz CT molecular complexity index is 153. The Kier molecular flexibility index (Phi) is 30.7. The van der Waals surface area contributed by atoms with E-state index in [2.05, 4.69) is 0 Å². The number of rotatable bonds is 0. The van der Waals surface area contributed by atoms with E-state index in [-0.39, 0.29) is 21.1 Å². The SMILES string of the molecule is C[NH-].C[NH-].[W].c1cc[cH-]c1.c1cc[cH-]c1. The number of hydrogen-bond donors (Lipinski definition) is 0. The molecule has 0 fully saturated rings. The largest absolute Gasteiger partial charge is 0.680 e. The second-order valence-electron chi connectivity index (χ2n) is 1.92. The zero-order valence-corrected chi connectivity index (χ0v) is 12.1. The minimum Gasteiger partial charge on any atom is -0.680 e. The molecular weight excluding hydrogens is 356 g/mol. The molecule has 2 aromatic carbocycles. The summed E-state index contributed by atoms with van der Waals surface area (Å²) >= 11 is 0. The number of nitrogens with one attached hydrogen (secondary N) is 2. The van der Waals surface area contributed by atoms with Crippen molar-refractivity contribution in [2.75, 3.05) is 14.1 Å². The predicted molar refractivity (Wildman–Crippen MR) is 64.6 cm³/mol. The van der Waals surface area contributed by atoms with Crippen LogP contribution >= 0.6 is 0 Å². The number of hydrogen-bond acceptors (Lipinski definition) is 0. The summed E-state index contributed by atoms with van der Waals surface area (Å²) in [5, 5.41) is 0. The molecule has 2 nitrogen and oxygen atoms in total. The summed E-state index contributed by atoms with van der Waals surface area (Å²) in [6, 6.07) is 20.0. The van der Waals surface area contributed by atoms with Crippen LogP contribution < -0.4 is 0 Å². The van der Waals surface area contributed by atoms with Crippen LogP contribution in [-0.4, -0.2) is 14.1 Å². The van der Waals surface area contributed by atoms with Gasteiger partial charge in [0.1, 0.15) is 0 Å². The van der Waals surface area contributed by atoms with Crippen LogP contribution in [0.5, 0.6) is 0 Å². The van der Waals surface area contributed by atoms with Crippen molar-refractivity contribution in [1.29, 1.82) is 0 Å². The van der Waals surface area contributed by atoms with E-state index in [4.69, 9.17) is 11.5 Å². The van der Waals surface area contributed by atoms with Crippen molar-refractivity contribution < 1.29 is 21.1 Å². The van der Waals surface area contributed by atoms with E-state index in [1.165, 1.54) is 14.1 Å². The van der Waals surface area contributed by atoms with Crippen LogP contribution in [0.1, 0.15) is 0 Å². The third-order valence-electron chi connectivity index (χ3n) is 1.11. The van der Waals surface area contributed by atoms with Gasteiger partial charge in [0, 0.05) is 21.1 Å². The average molecular weight is 374 g/mol. The fourth-order valence-corrected chi connectivity index (χ4v) is 0.642. The van der Waals surface area contributed by atoms with E-state index in [9.17, 15) is 0 Å². The molecule has 0 bridgehead atoms. The van der Waals surface area contributed by atoms with Gasteiger partial charge in [-0.2, -0.15) is 50.5 Å². The summed E-state index contributed by atoms with van der Waals surface area (Å²) in [6.07, 6.45) is 0. The van der Waals surface area contributed by atoms with Gasteiger partial charge in [0.15, 0.2) is 0 Å². The third-order valence-corrected chi connectivity index (χ3v) is 1.11. The van der Waals surface area contributed by atoms with E-state index in [1.54, 1.807) is 0 Å². The first-order valence-electron chi connectivity index (χ1n) is 4.33. The zero-order chi connectivity index (χ0) is 11.1. The Labute approximate surface area is 107 Å². The normalized spacial score (nSPS) is 6.13. The van der Waals surface area contributed by atoms with Crippen LogP contribution in [0.2, 0.25) is 0 Å². The smallest absolute Gasteiger partial charge is 0 e. The molecule has 0 atom stereocenters. The Balaban J connectivity index is -0.000000138. The Morgan fingerprint density at radius 1 is 0.600 bits per heavy atom. The van der Waals surface area contributed by atoms with Gasteiger partial charge < -0.3 is 11.5 Å². The molecule has 2 N–H and O–H groups in total. The van der Waals surface area contributed by atoms with Gasteiger partial charge in [0.05, 0.1) is 0 Å². The molecule has 0 saturated heterocycles. The van der Waals surface area contributed by atoms with Crippen LogP contribution in [0.3, 0.4) is 0 Å². The van der Waals surface area contributed by atoms with Crippen molar-refractivity contribution >= 4 is 0 Å². The van der Waals surface area contributed by atoms with Crippen LogP contribution in [0, 0.1) is 0 Å². The van der Waals surface area contributed by atoms with Crippen LogP contribution in [0.25, 0.3) is 11.5 Å². The predicted octanol–water partition coefficient (Wildman–Crippen LogP) is 4.15. The average Bonchev–Trinajstić information content (AvgIpc) is 3.01. The Hall–Kier alpha value is -0.692. The maximum atomic E-state index is 5.75. The zero-order valence-electron chi connectivity index (χ0n) is 9.18. The van der Waals surface area contributed by atoms with Crippen molar-refractivity contribution in [3.8, 4) is 0 Å². The molecule has 0 heterocycles. The van der Waals surface area contributed by atoms with E-state index in [1.807, 2.05) is 60.7 Å². The quantitative estimate of drug-likeness (QED) is 0.623. The molecule has 0 amide bonds. The fraction of sp³-hybridized carbons (Fsp3) is 0.167. The van der Waals surface area contributed by atoms with E-state index < -0.39 is 0 Å². The molecule has 86 valence electrons. The van der Waals surface area contributed by atoms with Crippen LogP contribution in [-0.2, 0) is 21.1 Å². The van der Waals surface area contributed by atoms with Crippen molar-refractivity contribution in [3.63, 3.8) is 0 Å². The van der Waals surface area contributed by atoms with Gasteiger partial charge in [-0.25, -0.2) is 24.3 Å². The molecule has 0 aliphatic rings. The summed E-state index contributed by atoms with van der Waals surface area (Å²) in [6.45, 7) is 0. The van der Waals surface area contributed by atoms with E-state index in [0.717, 1.165) is 0 Å². The molecule has 0 spiro atoms. The summed E-state index contributed by atoms with van der Waals surface area (Å²) in [5.74, 6) is 0. The summed E-state index contributed by atoms with van der Waals surface area (Å²) in [4.78, 5) is 0. The van der Waals surface area contributed by atoms with Gasteiger partial charge in [-0.05, 0) is 0 Å². The monoisotopic (exact) mass is 374 g/mol. The van der Waals surface area contributed by atoms with E-state index in [0.29, 0.717) is 0 Å². The Morgan fingerprint density at radius 2 is 0.800 bits per heavy atom. The minimum atomic E-state index is 0. The van der Waals surface area contributed by atoms with Gasteiger partial charge in [0.25, 0.3) is 0 Å². The molecular formula is C12H18N2W-4. The fourth-order valence-electron chi connectivity index (χ4n) is 0.642. The van der Waals surface area contributed by atoms with Gasteiger partial charge in [0.2, 0.25) is 0 Å². The first kappa shape index (κ1) is 19.8. The van der Waals surface area contributed by atoms with Crippen molar-refractivity contribution in [2.45, 2.75) is 0 Å². The van der Waals surface area contributed by atoms with Gasteiger partial charge in [-0.1, -0.05) is 0 Å². The van der Waals surface area contributed by atoms with Crippen molar-refractivity contribution in [2.24, 2.45) is 0 Å². The van der Waals surface area contributed by atoms with Crippen molar-refractivity contribution in [3.05, 3.63) is 72.1 Å². The molecule has 2 rings (SSSR count). The first-order chi connectivity index (χ1) is 7.00. The molecule has 15 heavy (non-hydrogen) atoms. The molecule has 0 radical (unpaired) electrons. The Morgan fingerprint density at radius 3 is 0.867 bits per heavy atom. The molecule has 2 aromatic rings. The van der Waals surface area contributed by atoms with Crippen molar-refractivity contribution in [1.82, 2.24) is 0 Å². The summed E-state index contributed by atoms with van der Waals surface area (Å²) in [5.41, 5.74) is 11.5. The molecule has 3 heteroatoms. The minimum absolute atomic E-state index is 0. The second kappa shape index (κ2) is 23.3. The molecule has 0 saturated carbocycles. The topological polar surface area (TPSA) is 47.6 Å². The van der Waals surface area contributed by atoms with Crippen LogP contribution in [0.4, 0.5) is 0 Å². The maximum absolute atomic E-state index is 5.75. The molecule has 0 aromatic heterocycles. The van der Waals surface area contributed by atoms with Gasteiger partial charge >= 0.3 is 0 Å². The summed E-state index contributed by atoms with van der Waals surface area (Å²) < 4.78 is 0. The molecule has 0 aliphatic heterocycles. The molecule has 0 aliphatic carbocycles. The second-order valence-corrected chi connectivity index (χ2v) is 1.92. The standard InChI is InChI=1S/2C5H5.2CH4N.W/c2*1-2-4-5-3-1;2*1-2;/h2*1-5H;2*2H,1H3;/q4*-1;. The summed E-state index contributed by atoms with van der Waals surface area (Å²) in [7, 11) is 2.50. The first-order valence-corrected chi connectivity index (χ1v) is 4.33. The van der Waals surface area contributed by atoms with Gasteiger partial charge in [-0.3, -0.25) is 0 Å². The van der Waals surface area contributed by atoms with Gasteiger partial charge in [-0.15, -0.1) is 0 Å². The molecule has 0 unspecified atom stereocenters. The third kappa shape index (κ3) is 19.6.